The zero-order valence-corrected chi connectivity index (χ0v) is 9.95. The summed E-state index contributed by atoms with van der Waals surface area (Å²) < 4.78 is 5.34. The molecule has 4 N–H and O–H groups in total. The standard InChI is InChI=1S/C11H18N4O2/c1-11(2-4-17-5-3-11)6-13-9-8(12)10(16)15-7-14-9/h7H,2-6,12H2,1H3,(H2,13,14,15,16). The largest absolute Gasteiger partial charge is 0.391 e. The molecule has 1 aliphatic heterocycles. The van der Waals surface area contributed by atoms with E-state index in [1.807, 2.05) is 0 Å². The van der Waals surface area contributed by atoms with E-state index in [0.29, 0.717) is 5.82 Å². The lowest BCUT2D eigenvalue weighted by Gasteiger charge is -2.33. The summed E-state index contributed by atoms with van der Waals surface area (Å²) in [6, 6.07) is 0. The van der Waals surface area contributed by atoms with Gasteiger partial charge < -0.3 is 20.8 Å². The fraction of sp³-hybridized carbons (Fsp3) is 0.636. The van der Waals surface area contributed by atoms with Gasteiger partial charge in [-0.3, -0.25) is 4.79 Å². The van der Waals surface area contributed by atoms with E-state index in [-0.39, 0.29) is 16.7 Å². The molecule has 17 heavy (non-hydrogen) atoms. The Balaban J connectivity index is 2.02. The second-order valence-corrected chi connectivity index (χ2v) is 4.77. The number of nitrogen functional groups attached to an aromatic ring is 1. The average molecular weight is 238 g/mol. The van der Waals surface area contributed by atoms with E-state index in [0.717, 1.165) is 32.6 Å². The van der Waals surface area contributed by atoms with E-state index in [4.69, 9.17) is 10.5 Å². The lowest BCUT2D eigenvalue weighted by molar-refractivity contribution is 0.0300. The van der Waals surface area contributed by atoms with Crippen LogP contribution in [-0.2, 0) is 4.74 Å². The third-order valence-electron chi connectivity index (χ3n) is 3.27. The molecule has 0 unspecified atom stereocenters. The van der Waals surface area contributed by atoms with Crippen molar-refractivity contribution < 1.29 is 4.74 Å². The summed E-state index contributed by atoms with van der Waals surface area (Å²) in [6.45, 7) is 4.52. The highest BCUT2D eigenvalue weighted by Gasteiger charge is 2.27. The molecule has 0 bridgehead atoms. The number of H-pyrrole nitrogens is 1. The minimum absolute atomic E-state index is 0.142. The first-order valence-electron chi connectivity index (χ1n) is 5.75. The molecule has 0 amide bonds. The average Bonchev–Trinajstić information content (AvgIpc) is 2.32. The Morgan fingerprint density at radius 3 is 3.00 bits per heavy atom. The first kappa shape index (κ1) is 11.9. The number of aromatic nitrogens is 2. The molecule has 0 saturated carbocycles. The maximum atomic E-state index is 11.3. The number of anilines is 2. The third-order valence-corrected chi connectivity index (χ3v) is 3.27. The summed E-state index contributed by atoms with van der Waals surface area (Å²) in [5.74, 6) is 0.460. The van der Waals surface area contributed by atoms with Gasteiger partial charge in [-0.1, -0.05) is 6.92 Å². The molecule has 6 heteroatoms. The highest BCUT2D eigenvalue weighted by Crippen LogP contribution is 2.29. The fourth-order valence-corrected chi connectivity index (χ4v) is 1.89. The maximum absolute atomic E-state index is 11.3. The van der Waals surface area contributed by atoms with Crippen LogP contribution in [0.25, 0.3) is 0 Å². The number of aromatic amines is 1. The molecule has 1 aliphatic rings. The minimum Gasteiger partial charge on any atom is -0.391 e. The SMILES string of the molecule is CC1(CNc2nc[nH]c(=O)c2N)CCOCC1. The molecule has 1 saturated heterocycles. The van der Waals surface area contributed by atoms with Crippen molar-refractivity contribution in [2.75, 3.05) is 30.8 Å². The van der Waals surface area contributed by atoms with Gasteiger partial charge in [0.05, 0.1) is 6.33 Å². The molecule has 0 aromatic carbocycles. The molecule has 1 fully saturated rings. The van der Waals surface area contributed by atoms with Gasteiger partial charge in [-0.05, 0) is 18.3 Å². The normalized spacial score (nSPS) is 18.9. The van der Waals surface area contributed by atoms with Gasteiger partial charge in [0.25, 0.3) is 5.56 Å². The summed E-state index contributed by atoms with van der Waals surface area (Å²) in [6.07, 6.45) is 3.36. The topological polar surface area (TPSA) is 93.0 Å². The van der Waals surface area contributed by atoms with Crippen LogP contribution in [0, 0.1) is 5.41 Å². The summed E-state index contributed by atoms with van der Waals surface area (Å²) in [7, 11) is 0. The molecule has 0 radical (unpaired) electrons. The van der Waals surface area contributed by atoms with Crippen molar-refractivity contribution in [1.82, 2.24) is 9.97 Å². The summed E-state index contributed by atoms with van der Waals surface area (Å²) in [5, 5.41) is 3.15. The van der Waals surface area contributed by atoms with Gasteiger partial charge in [-0.25, -0.2) is 4.98 Å². The van der Waals surface area contributed by atoms with Crippen molar-refractivity contribution in [1.29, 1.82) is 0 Å². The Morgan fingerprint density at radius 1 is 1.59 bits per heavy atom. The van der Waals surface area contributed by atoms with E-state index < -0.39 is 0 Å². The lowest BCUT2D eigenvalue weighted by atomic mass is 9.82. The second kappa shape index (κ2) is 4.75. The number of hydrogen-bond donors (Lipinski definition) is 3. The highest BCUT2D eigenvalue weighted by molar-refractivity contribution is 5.58. The number of rotatable bonds is 3. The first-order chi connectivity index (χ1) is 8.11. The fourth-order valence-electron chi connectivity index (χ4n) is 1.89. The molecule has 0 spiro atoms. The van der Waals surface area contributed by atoms with Crippen molar-refractivity contribution in [3.63, 3.8) is 0 Å². The van der Waals surface area contributed by atoms with Gasteiger partial charge >= 0.3 is 0 Å². The van der Waals surface area contributed by atoms with Gasteiger partial charge in [0.2, 0.25) is 0 Å². The predicted molar refractivity (Wildman–Crippen MR) is 65.9 cm³/mol. The highest BCUT2D eigenvalue weighted by atomic mass is 16.5. The molecule has 2 heterocycles. The third kappa shape index (κ3) is 2.76. The van der Waals surface area contributed by atoms with Crippen molar-refractivity contribution in [3.05, 3.63) is 16.7 Å². The van der Waals surface area contributed by atoms with Gasteiger partial charge in [-0.15, -0.1) is 0 Å². The molecular formula is C11H18N4O2. The van der Waals surface area contributed by atoms with Gasteiger partial charge in [-0.2, -0.15) is 0 Å². The van der Waals surface area contributed by atoms with Gasteiger partial charge in [0.15, 0.2) is 5.82 Å². The van der Waals surface area contributed by atoms with Crippen LogP contribution in [0.4, 0.5) is 11.5 Å². The first-order valence-corrected chi connectivity index (χ1v) is 5.75. The number of nitrogens with one attached hydrogen (secondary N) is 2. The van der Waals surface area contributed by atoms with Crippen LogP contribution in [-0.4, -0.2) is 29.7 Å². The second-order valence-electron chi connectivity index (χ2n) is 4.77. The molecule has 1 aromatic heterocycles. The van der Waals surface area contributed by atoms with E-state index >= 15 is 0 Å². The quantitative estimate of drug-likeness (QED) is 0.716. The molecule has 0 atom stereocenters. The van der Waals surface area contributed by atoms with Crippen LogP contribution in [0.1, 0.15) is 19.8 Å². The number of nitrogens with two attached hydrogens (primary N) is 1. The Hall–Kier alpha value is -1.56. The number of hydrogen-bond acceptors (Lipinski definition) is 5. The molecule has 0 aliphatic carbocycles. The van der Waals surface area contributed by atoms with E-state index in [1.165, 1.54) is 6.33 Å². The van der Waals surface area contributed by atoms with Crippen LogP contribution in [0.5, 0.6) is 0 Å². The Morgan fingerprint density at radius 2 is 2.29 bits per heavy atom. The van der Waals surface area contributed by atoms with Crippen molar-refractivity contribution >= 4 is 11.5 Å². The maximum Gasteiger partial charge on any atom is 0.276 e. The zero-order chi connectivity index (χ0) is 12.3. The Kier molecular flexibility index (Phi) is 3.33. The molecule has 6 nitrogen and oxygen atoms in total. The molecular weight excluding hydrogens is 220 g/mol. The summed E-state index contributed by atoms with van der Waals surface area (Å²) in [5.41, 5.74) is 5.66. The molecule has 94 valence electrons. The lowest BCUT2D eigenvalue weighted by Crippen LogP contribution is -2.33. The van der Waals surface area contributed by atoms with Crippen LogP contribution in [0.2, 0.25) is 0 Å². The monoisotopic (exact) mass is 238 g/mol. The van der Waals surface area contributed by atoms with Gasteiger partial charge in [0, 0.05) is 19.8 Å². The zero-order valence-electron chi connectivity index (χ0n) is 9.95. The summed E-state index contributed by atoms with van der Waals surface area (Å²) >= 11 is 0. The van der Waals surface area contributed by atoms with Crippen molar-refractivity contribution in [3.8, 4) is 0 Å². The summed E-state index contributed by atoms with van der Waals surface area (Å²) in [4.78, 5) is 17.8. The van der Waals surface area contributed by atoms with Gasteiger partial charge in [0.1, 0.15) is 5.69 Å². The van der Waals surface area contributed by atoms with E-state index in [1.54, 1.807) is 0 Å². The van der Waals surface area contributed by atoms with E-state index in [9.17, 15) is 4.79 Å². The Labute approximate surface area is 99.6 Å². The Bertz CT molecular complexity index is 437. The van der Waals surface area contributed by atoms with Crippen molar-refractivity contribution in [2.24, 2.45) is 5.41 Å². The van der Waals surface area contributed by atoms with Crippen LogP contribution >= 0.6 is 0 Å². The molecule has 1 aromatic rings. The minimum atomic E-state index is -0.306. The van der Waals surface area contributed by atoms with Crippen LogP contribution in [0.3, 0.4) is 0 Å². The predicted octanol–water partition coefficient (Wildman–Crippen LogP) is 0.581. The number of nitrogens with zero attached hydrogens (tertiary/aromatic N) is 1. The smallest absolute Gasteiger partial charge is 0.276 e. The van der Waals surface area contributed by atoms with Crippen LogP contribution < -0.4 is 16.6 Å². The molecule has 2 rings (SSSR count). The van der Waals surface area contributed by atoms with Crippen LogP contribution in [0.15, 0.2) is 11.1 Å². The number of ether oxygens (including phenoxy) is 1. The van der Waals surface area contributed by atoms with Crippen molar-refractivity contribution in [2.45, 2.75) is 19.8 Å². The van der Waals surface area contributed by atoms with E-state index in [2.05, 4.69) is 22.2 Å².